The number of carbonyl (C=O) groups excluding carboxylic acids is 5. The van der Waals surface area contributed by atoms with Gasteiger partial charge in [0.1, 0.15) is 11.8 Å². The van der Waals surface area contributed by atoms with E-state index in [1.54, 1.807) is 6.07 Å². The highest BCUT2D eigenvalue weighted by atomic mass is 16.3. The Labute approximate surface area is 216 Å². The predicted octanol–water partition coefficient (Wildman–Crippen LogP) is 3.23. The second kappa shape index (κ2) is 8.91. The van der Waals surface area contributed by atoms with Gasteiger partial charge in [-0.05, 0) is 42.2 Å². The second-order valence-electron chi connectivity index (χ2n) is 9.58. The normalized spacial score (nSPS) is 22.1. The topological polar surface area (TPSA) is 149 Å². The van der Waals surface area contributed by atoms with E-state index in [2.05, 4.69) is 15.3 Å². The van der Waals surface area contributed by atoms with Crippen LogP contribution in [0.2, 0.25) is 0 Å². The number of carbonyl (C=O) groups is 5. The van der Waals surface area contributed by atoms with Crippen molar-refractivity contribution in [3.05, 3.63) is 76.7 Å². The standard InChI is InChI=1S/C28H22N4O6/c33-22-11-14(15-3-1-5-19-16(15)9-10-29-19)12-23(34)18(22)13-30-20-6-2-4-17-25(20)28(38)32(27(17)37)21-7-8-24(35)31-26(21)36/h1-6,9-10,13-14,21,29,33H,7-8,11-12H2,(H,31,35,36). The van der Waals surface area contributed by atoms with Crippen molar-refractivity contribution < 1.29 is 29.1 Å². The summed E-state index contributed by atoms with van der Waals surface area (Å²) in [5.41, 5.74) is 2.22. The number of fused-ring (bicyclic) bond motifs is 2. The van der Waals surface area contributed by atoms with Crippen LogP contribution in [-0.4, -0.2) is 56.7 Å². The lowest BCUT2D eigenvalue weighted by molar-refractivity contribution is -0.136. The summed E-state index contributed by atoms with van der Waals surface area (Å²) >= 11 is 0. The summed E-state index contributed by atoms with van der Waals surface area (Å²) in [4.78, 5) is 71.5. The summed E-state index contributed by atoms with van der Waals surface area (Å²) in [7, 11) is 0. The number of aliphatic hydroxyl groups is 1. The van der Waals surface area contributed by atoms with E-state index in [1.165, 1.54) is 18.3 Å². The molecular formula is C28H22N4O6. The fourth-order valence-electron chi connectivity index (χ4n) is 5.48. The van der Waals surface area contributed by atoms with Gasteiger partial charge in [-0.3, -0.25) is 39.2 Å². The molecule has 1 aliphatic carbocycles. The monoisotopic (exact) mass is 510 g/mol. The summed E-state index contributed by atoms with van der Waals surface area (Å²) in [6, 6.07) is 11.2. The molecule has 4 amide bonds. The summed E-state index contributed by atoms with van der Waals surface area (Å²) < 4.78 is 0. The maximum Gasteiger partial charge on any atom is 0.264 e. The van der Waals surface area contributed by atoms with Crippen LogP contribution in [0.4, 0.5) is 5.69 Å². The van der Waals surface area contributed by atoms with E-state index in [9.17, 15) is 29.1 Å². The molecule has 6 rings (SSSR count). The third kappa shape index (κ3) is 3.73. The van der Waals surface area contributed by atoms with Crippen LogP contribution in [0.25, 0.3) is 10.9 Å². The number of hydrogen-bond acceptors (Lipinski definition) is 7. The number of Topliss-reactive ketones (excluding diaryl/α,β-unsaturated/α-hetero) is 1. The molecule has 2 atom stereocenters. The number of aromatic amines is 1. The van der Waals surface area contributed by atoms with E-state index in [0.717, 1.165) is 21.4 Å². The number of H-pyrrole nitrogens is 1. The first-order chi connectivity index (χ1) is 18.3. The van der Waals surface area contributed by atoms with Crippen molar-refractivity contribution in [1.29, 1.82) is 0 Å². The molecule has 3 heterocycles. The minimum atomic E-state index is -1.09. The Bertz CT molecular complexity index is 1630. The van der Waals surface area contributed by atoms with Crippen LogP contribution >= 0.6 is 0 Å². The van der Waals surface area contributed by atoms with Crippen molar-refractivity contribution in [1.82, 2.24) is 15.2 Å². The lowest BCUT2D eigenvalue weighted by Gasteiger charge is -2.27. The van der Waals surface area contributed by atoms with Crippen molar-refractivity contribution >= 4 is 52.2 Å². The molecule has 38 heavy (non-hydrogen) atoms. The van der Waals surface area contributed by atoms with Gasteiger partial charge in [0.15, 0.2) is 5.78 Å². The maximum absolute atomic E-state index is 13.3. The fraction of sp³-hybridized carbons (Fsp3) is 0.214. The van der Waals surface area contributed by atoms with Gasteiger partial charge < -0.3 is 10.1 Å². The molecule has 3 aromatic rings. The van der Waals surface area contributed by atoms with Crippen LogP contribution < -0.4 is 5.32 Å². The largest absolute Gasteiger partial charge is 0.511 e. The summed E-state index contributed by atoms with van der Waals surface area (Å²) in [5, 5.41) is 13.9. The van der Waals surface area contributed by atoms with Crippen LogP contribution in [0.15, 0.2) is 65.0 Å². The van der Waals surface area contributed by atoms with Gasteiger partial charge >= 0.3 is 0 Å². The van der Waals surface area contributed by atoms with Crippen molar-refractivity contribution in [3.8, 4) is 0 Å². The maximum atomic E-state index is 13.3. The number of allylic oxidation sites excluding steroid dienone is 2. The zero-order valence-corrected chi connectivity index (χ0v) is 20.1. The molecule has 0 spiro atoms. The van der Waals surface area contributed by atoms with Crippen molar-refractivity contribution in [2.75, 3.05) is 0 Å². The van der Waals surface area contributed by atoms with Gasteiger partial charge in [-0.2, -0.15) is 0 Å². The summed E-state index contributed by atoms with van der Waals surface area (Å²) in [6.45, 7) is 0. The van der Waals surface area contributed by atoms with E-state index in [0.29, 0.717) is 0 Å². The van der Waals surface area contributed by atoms with Gasteiger partial charge in [0.2, 0.25) is 11.8 Å². The van der Waals surface area contributed by atoms with Gasteiger partial charge in [0, 0.05) is 42.6 Å². The Balaban J connectivity index is 1.28. The van der Waals surface area contributed by atoms with Crippen LogP contribution in [0.3, 0.4) is 0 Å². The number of piperidine rings is 1. The first-order valence-corrected chi connectivity index (χ1v) is 12.2. The molecule has 2 unspecified atom stereocenters. The molecular weight excluding hydrogens is 488 g/mol. The van der Waals surface area contributed by atoms with Gasteiger partial charge in [0.05, 0.1) is 22.4 Å². The van der Waals surface area contributed by atoms with E-state index in [4.69, 9.17) is 0 Å². The number of nitrogens with zero attached hydrogens (tertiary/aromatic N) is 2. The molecule has 1 saturated heterocycles. The Morgan fingerprint density at radius 3 is 2.58 bits per heavy atom. The third-order valence-corrected chi connectivity index (χ3v) is 7.33. The lowest BCUT2D eigenvalue weighted by Crippen LogP contribution is -2.54. The highest BCUT2D eigenvalue weighted by Crippen LogP contribution is 2.37. The van der Waals surface area contributed by atoms with Crippen molar-refractivity contribution in [2.24, 2.45) is 4.99 Å². The number of rotatable bonds is 4. The van der Waals surface area contributed by atoms with Crippen LogP contribution in [-0.2, 0) is 14.4 Å². The number of nitrogens with one attached hydrogen (secondary N) is 2. The van der Waals surface area contributed by atoms with Gasteiger partial charge in [0.25, 0.3) is 11.8 Å². The number of aromatic nitrogens is 1. The number of benzene rings is 2. The molecule has 3 aliphatic rings. The zero-order chi connectivity index (χ0) is 26.6. The summed E-state index contributed by atoms with van der Waals surface area (Å²) in [6.07, 6.45) is 3.56. The molecule has 0 radical (unpaired) electrons. The van der Waals surface area contributed by atoms with Crippen LogP contribution in [0, 0.1) is 0 Å². The molecule has 190 valence electrons. The average Bonchev–Trinajstić information content (AvgIpc) is 3.47. The average molecular weight is 511 g/mol. The minimum absolute atomic E-state index is 0.0128. The number of hydrogen-bond donors (Lipinski definition) is 3. The Kier molecular flexibility index (Phi) is 5.52. The quantitative estimate of drug-likeness (QED) is 0.362. The van der Waals surface area contributed by atoms with E-state index < -0.39 is 29.7 Å². The molecule has 2 aliphatic heterocycles. The van der Waals surface area contributed by atoms with Crippen molar-refractivity contribution in [2.45, 2.75) is 37.6 Å². The Morgan fingerprint density at radius 1 is 0.974 bits per heavy atom. The fourth-order valence-corrected chi connectivity index (χ4v) is 5.48. The van der Waals surface area contributed by atoms with Gasteiger partial charge in [-0.1, -0.05) is 18.2 Å². The molecule has 1 aromatic heterocycles. The number of ketones is 1. The first-order valence-electron chi connectivity index (χ1n) is 12.2. The van der Waals surface area contributed by atoms with Gasteiger partial charge in [-0.15, -0.1) is 0 Å². The molecule has 1 fully saturated rings. The van der Waals surface area contributed by atoms with E-state index in [1.807, 2.05) is 30.5 Å². The van der Waals surface area contributed by atoms with E-state index >= 15 is 0 Å². The first kappa shape index (κ1) is 23.5. The Morgan fingerprint density at radius 2 is 1.79 bits per heavy atom. The summed E-state index contributed by atoms with van der Waals surface area (Å²) in [5.74, 6) is -3.06. The zero-order valence-electron chi connectivity index (χ0n) is 20.1. The third-order valence-electron chi connectivity index (χ3n) is 7.33. The molecule has 0 saturated carbocycles. The number of aliphatic hydroxyl groups excluding tert-OH is 1. The molecule has 2 aromatic carbocycles. The highest BCUT2D eigenvalue weighted by molar-refractivity contribution is 6.25. The lowest BCUT2D eigenvalue weighted by atomic mass is 9.82. The molecule has 10 nitrogen and oxygen atoms in total. The Hall–Kier alpha value is -4.86. The second-order valence-corrected chi connectivity index (χ2v) is 9.58. The van der Waals surface area contributed by atoms with Gasteiger partial charge in [-0.25, -0.2) is 0 Å². The highest BCUT2D eigenvalue weighted by Gasteiger charge is 2.45. The molecule has 0 bridgehead atoms. The van der Waals surface area contributed by atoms with Crippen LogP contribution in [0.1, 0.15) is 57.9 Å². The number of imide groups is 2. The molecule has 3 N–H and O–H groups in total. The van der Waals surface area contributed by atoms with E-state index in [-0.39, 0.29) is 65.5 Å². The van der Waals surface area contributed by atoms with Crippen LogP contribution in [0.5, 0.6) is 0 Å². The number of amides is 4. The SMILES string of the molecule is O=C1CCC(N2C(=O)c3cccc(N=CC4=C(O)CC(c5cccc6[nH]ccc56)CC4=O)c3C2=O)C(=O)N1. The minimum Gasteiger partial charge on any atom is -0.511 e. The predicted molar refractivity (Wildman–Crippen MR) is 136 cm³/mol. The van der Waals surface area contributed by atoms with Crippen molar-refractivity contribution in [3.63, 3.8) is 0 Å². The molecule has 10 heteroatoms. The number of aliphatic imine (C=N–C) groups is 1. The smallest absolute Gasteiger partial charge is 0.264 e.